The number of halogens is 1. The maximum absolute atomic E-state index is 12.9. The van der Waals surface area contributed by atoms with Gasteiger partial charge >= 0.3 is 0 Å². The molecule has 0 saturated carbocycles. The summed E-state index contributed by atoms with van der Waals surface area (Å²) in [7, 11) is -3.61. The number of sulfonamides is 2. The molecule has 0 aromatic heterocycles. The predicted molar refractivity (Wildman–Crippen MR) is 131 cm³/mol. The van der Waals surface area contributed by atoms with E-state index in [0.717, 1.165) is 4.31 Å². The second kappa shape index (κ2) is 10.0. The molecule has 3 rings (SSSR count). The van der Waals surface area contributed by atoms with Crippen LogP contribution in [-0.2, 0) is 20.0 Å². The largest absolute Gasteiger partial charge is 0.495 e. The monoisotopic (exact) mass is 523 g/mol. The minimum Gasteiger partial charge on any atom is -0.495 e. The number of methoxy groups -OCH3 is 1. The molecule has 0 atom stereocenters. The lowest BCUT2D eigenvalue weighted by molar-refractivity contribution is 0.102. The first-order valence-corrected chi connectivity index (χ1v) is 13.0. The third kappa shape index (κ3) is 5.50. The number of rotatable bonds is 8. The minimum absolute atomic E-state index is 0.0374. The molecule has 1 amide bonds. The van der Waals surface area contributed by atoms with Crippen molar-refractivity contribution in [1.82, 2.24) is 4.31 Å². The number of ether oxygens (including phenoxy) is 1. The fourth-order valence-corrected chi connectivity index (χ4v) is 5.11. The lowest BCUT2D eigenvalue weighted by Gasteiger charge is -2.14. The van der Waals surface area contributed by atoms with Gasteiger partial charge in [-0.15, -0.1) is 0 Å². The molecule has 0 heterocycles. The van der Waals surface area contributed by atoms with E-state index < -0.39 is 26.0 Å². The Morgan fingerprint density at radius 2 is 1.59 bits per heavy atom. The minimum atomic E-state index is -4.05. The van der Waals surface area contributed by atoms with Crippen molar-refractivity contribution < 1.29 is 26.4 Å². The Balaban J connectivity index is 1.89. The number of para-hydroxylation sites is 2. The average molecular weight is 524 g/mol. The normalized spacial score (nSPS) is 11.8. The van der Waals surface area contributed by atoms with Crippen LogP contribution in [0.25, 0.3) is 0 Å². The number of hydrogen-bond acceptors (Lipinski definition) is 6. The Labute approximate surface area is 203 Å². The predicted octanol–water partition coefficient (Wildman–Crippen LogP) is 3.65. The van der Waals surface area contributed by atoms with Crippen molar-refractivity contribution in [2.45, 2.75) is 9.79 Å². The molecule has 0 unspecified atom stereocenters. The van der Waals surface area contributed by atoms with Crippen LogP contribution in [0.2, 0.25) is 5.02 Å². The van der Waals surface area contributed by atoms with E-state index >= 15 is 0 Å². The zero-order chi connectivity index (χ0) is 25.1. The first-order chi connectivity index (χ1) is 16.0. The molecule has 3 aromatic rings. The number of carbonyl (C=O) groups excluding carboxylic acids is 1. The van der Waals surface area contributed by atoms with Gasteiger partial charge in [-0.1, -0.05) is 29.8 Å². The highest BCUT2D eigenvalue weighted by Crippen LogP contribution is 2.30. The number of nitrogens with one attached hydrogen (secondary N) is 2. The van der Waals surface area contributed by atoms with Crippen molar-refractivity contribution in [3.05, 3.63) is 77.3 Å². The number of hydrogen-bond donors (Lipinski definition) is 2. The van der Waals surface area contributed by atoms with Crippen molar-refractivity contribution in [3.8, 4) is 5.75 Å². The van der Waals surface area contributed by atoms with E-state index in [1.165, 1.54) is 63.7 Å². The standard InChI is InChI=1S/C22H22ClN3O6S2/c1-26(2)34(30,31)17-8-6-7-15(13-17)22(27)24-20-14-16(11-12-18(20)23)33(28,29)25-19-9-4-5-10-21(19)32-3/h4-14,25H,1-3H3,(H,24,27). The summed E-state index contributed by atoms with van der Waals surface area (Å²) in [5.41, 5.74) is 0.333. The van der Waals surface area contributed by atoms with E-state index in [0.29, 0.717) is 5.75 Å². The second-order valence-corrected chi connectivity index (χ2v) is 11.5. The van der Waals surface area contributed by atoms with Gasteiger partial charge in [0.05, 0.1) is 33.3 Å². The number of anilines is 2. The molecule has 0 saturated heterocycles. The molecule has 9 nitrogen and oxygen atoms in total. The average Bonchev–Trinajstić information content (AvgIpc) is 2.80. The number of carbonyl (C=O) groups is 1. The molecule has 0 aliphatic heterocycles. The second-order valence-electron chi connectivity index (χ2n) is 7.22. The van der Waals surface area contributed by atoms with Gasteiger partial charge in [-0.3, -0.25) is 9.52 Å². The molecule has 0 aliphatic carbocycles. The molecular formula is C22H22ClN3O6S2. The molecule has 180 valence electrons. The van der Waals surface area contributed by atoms with Crippen molar-refractivity contribution in [3.63, 3.8) is 0 Å². The first-order valence-electron chi connectivity index (χ1n) is 9.75. The number of benzene rings is 3. The molecule has 12 heteroatoms. The first kappa shape index (κ1) is 25.5. The molecule has 0 radical (unpaired) electrons. The third-order valence-electron chi connectivity index (χ3n) is 4.72. The summed E-state index contributed by atoms with van der Waals surface area (Å²) in [4.78, 5) is 12.6. The van der Waals surface area contributed by atoms with Gasteiger partial charge < -0.3 is 10.1 Å². The lowest BCUT2D eigenvalue weighted by atomic mass is 10.2. The molecule has 34 heavy (non-hydrogen) atoms. The van der Waals surface area contributed by atoms with Crippen molar-refractivity contribution in [2.24, 2.45) is 0 Å². The van der Waals surface area contributed by atoms with Crippen molar-refractivity contribution in [2.75, 3.05) is 31.2 Å². The van der Waals surface area contributed by atoms with Crippen LogP contribution in [0.4, 0.5) is 11.4 Å². The van der Waals surface area contributed by atoms with Gasteiger partial charge in [0.15, 0.2) is 0 Å². The van der Waals surface area contributed by atoms with Crippen LogP contribution in [-0.4, -0.2) is 48.3 Å². The summed E-state index contributed by atoms with van der Waals surface area (Å²) in [6.45, 7) is 0. The smallest absolute Gasteiger partial charge is 0.262 e. The van der Waals surface area contributed by atoms with Gasteiger partial charge in [-0.05, 0) is 48.5 Å². The van der Waals surface area contributed by atoms with Crippen LogP contribution >= 0.6 is 11.6 Å². The quantitative estimate of drug-likeness (QED) is 0.464. The summed E-state index contributed by atoms with van der Waals surface area (Å²) in [6, 6.07) is 15.8. The molecule has 0 aliphatic rings. The van der Waals surface area contributed by atoms with Crippen LogP contribution < -0.4 is 14.8 Å². The Kier molecular flexibility index (Phi) is 7.51. The fraction of sp³-hybridized carbons (Fsp3) is 0.136. The van der Waals surface area contributed by atoms with Crippen LogP contribution in [0, 0.1) is 0 Å². The summed E-state index contributed by atoms with van der Waals surface area (Å²) >= 11 is 6.18. The maximum Gasteiger partial charge on any atom is 0.262 e. The van der Waals surface area contributed by atoms with E-state index in [-0.39, 0.29) is 31.8 Å². The summed E-state index contributed by atoms with van der Waals surface area (Å²) < 4.78 is 59.2. The molecular weight excluding hydrogens is 502 g/mol. The van der Waals surface area contributed by atoms with E-state index in [9.17, 15) is 21.6 Å². The molecule has 3 aromatic carbocycles. The Morgan fingerprint density at radius 1 is 0.882 bits per heavy atom. The van der Waals surface area contributed by atoms with Crippen LogP contribution in [0.1, 0.15) is 10.4 Å². The van der Waals surface area contributed by atoms with Gasteiger partial charge in [0.1, 0.15) is 5.75 Å². The number of nitrogens with zero attached hydrogens (tertiary/aromatic N) is 1. The molecule has 0 spiro atoms. The zero-order valence-electron chi connectivity index (χ0n) is 18.4. The highest BCUT2D eigenvalue weighted by molar-refractivity contribution is 7.92. The van der Waals surface area contributed by atoms with Gasteiger partial charge in [-0.2, -0.15) is 0 Å². The van der Waals surface area contributed by atoms with Crippen LogP contribution in [0.15, 0.2) is 76.5 Å². The highest BCUT2D eigenvalue weighted by Gasteiger charge is 2.21. The van der Waals surface area contributed by atoms with Crippen LogP contribution in [0.5, 0.6) is 5.75 Å². The van der Waals surface area contributed by atoms with Gasteiger partial charge in [0.2, 0.25) is 10.0 Å². The van der Waals surface area contributed by atoms with Gasteiger partial charge in [-0.25, -0.2) is 21.1 Å². The molecule has 2 N–H and O–H groups in total. The third-order valence-corrected chi connectivity index (χ3v) is 8.23. The van der Waals surface area contributed by atoms with E-state index in [2.05, 4.69) is 10.0 Å². The van der Waals surface area contributed by atoms with E-state index in [1.807, 2.05) is 0 Å². The highest BCUT2D eigenvalue weighted by atomic mass is 35.5. The van der Waals surface area contributed by atoms with Crippen molar-refractivity contribution in [1.29, 1.82) is 0 Å². The van der Waals surface area contributed by atoms with E-state index in [4.69, 9.17) is 16.3 Å². The fourth-order valence-electron chi connectivity index (χ4n) is 2.90. The van der Waals surface area contributed by atoms with E-state index in [1.54, 1.807) is 24.3 Å². The summed E-state index contributed by atoms with van der Waals surface area (Å²) in [5.74, 6) is -0.328. The Morgan fingerprint density at radius 3 is 2.26 bits per heavy atom. The topological polar surface area (TPSA) is 122 Å². The summed E-state index contributed by atoms with van der Waals surface area (Å²) in [5, 5.41) is 2.64. The zero-order valence-corrected chi connectivity index (χ0v) is 20.8. The number of amides is 1. The molecule has 0 bridgehead atoms. The van der Waals surface area contributed by atoms with Crippen LogP contribution in [0.3, 0.4) is 0 Å². The Bertz CT molecular complexity index is 1440. The maximum atomic E-state index is 12.9. The Hall–Kier alpha value is -3.12. The SMILES string of the molecule is COc1ccccc1NS(=O)(=O)c1ccc(Cl)c(NC(=O)c2cccc(S(=O)(=O)N(C)C)c2)c1. The summed E-state index contributed by atoms with van der Waals surface area (Å²) in [6.07, 6.45) is 0. The molecule has 0 fully saturated rings. The van der Waals surface area contributed by atoms with Gasteiger partial charge in [0.25, 0.3) is 15.9 Å². The van der Waals surface area contributed by atoms with Gasteiger partial charge in [0, 0.05) is 19.7 Å². The van der Waals surface area contributed by atoms with Crippen molar-refractivity contribution >= 4 is 48.9 Å². The lowest BCUT2D eigenvalue weighted by Crippen LogP contribution is -2.22.